The van der Waals surface area contributed by atoms with Crippen LogP contribution < -0.4 is 5.73 Å². The van der Waals surface area contributed by atoms with Gasteiger partial charge >= 0.3 is 0 Å². The second kappa shape index (κ2) is 7.59. The number of aromatic nitrogens is 1. The van der Waals surface area contributed by atoms with Gasteiger partial charge in [-0.2, -0.15) is 0 Å². The zero-order valence-corrected chi connectivity index (χ0v) is 13.0. The van der Waals surface area contributed by atoms with Crippen LogP contribution in [0.3, 0.4) is 0 Å². The Hall–Kier alpha value is -0.950. The molecule has 2 N–H and O–H groups in total. The average molecular weight is 318 g/mol. The first-order valence-electron chi connectivity index (χ1n) is 5.70. The van der Waals surface area contributed by atoms with Gasteiger partial charge in [-0.25, -0.2) is 4.98 Å². The number of carbonyl (C=O) groups excluding carboxylic acids is 1. The maximum atomic E-state index is 12.3. The molecule has 7 heteroatoms. The van der Waals surface area contributed by atoms with E-state index in [4.69, 9.17) is 5.73 Å². The predicted molar refractivity (Wildman–Crippen MR) is 82.0 cm³/mol. The standard InChI is InChI=1S/C12H15N3OS2.ClH/c1-2-15(7-9-4-3-5-17-9)12(16)10-8-18-11(6-13)14-10;/h3-5,8H,2,6-7,13H2,1H3;1H. The lowest BCUT2D eigenvalue weighted by molar-refractivity contribution is 0.0749. The summed E-state index contributed by atoms with van der Waals surface area (Å²) in [7, 11) is 0. The van der Waals surface area contributed by atoms with Crippen molar-refractivity contribution in [2.75, 3.05) is 6.54 Å². The van der Waals surface area contributed by atoms with Crippen molar-refractivity contribution in [3.63, 3.8) is 0 Å². The molecule has 2 heterocycles. The van der Waals surface area contributed by atoms with E-state index in [2.05, 4.69) is 4.98 Å². The van der Waals surface area contributed by atoms with Crippen LogP contribution in [-0.4, -0.2) is 22.3 Å². The summed E-state index contributed by atoms with van der Waals surface area (Å²) in [4.78, 5) is 19.5. The molecule has 0 aliphatic heterocycles. The van der Waals surface area contributed by atoms with E-state index in [1.807, 2.05) is 24.4 Å². The summed E-state index contributed by atoms with van der Waals surface area (Å²) in [5, 5.41) is 4.59. The van der Waals surface area contributed by atoms with Crippen LogP contribution in [-0.2, 0) is 13.1 Å². The van der Waals surface area contributed by atoms with Crippen molar-refractivity contribution >= 4 is 41.0 Å². The van der Waals surface area contributed by atoms with Gasteiger partial charge < -0.3 is 10.6 Å². The number of carbonyl (C=O) groups is 1. The fourth-order valence-corrected chi connectivity index (χ4v) is 2.95. The van der Waals surface area contributed by atoms with Gasteiger partial charge in [-0.15, -0.1) is 35.1 Å². The lowest BCUT2D eigenvalue weighted by Gasteiger charge is -2.18. The number of nitrogens with zero attached hydrogens (tertiary/aromatic N) is 2. The molecule has 1 amide bonds. The van der Waals surface area contributed by atoms with Crippen molar-refractivity contribution in [2.45, 2.75) is 20.0 Å². The summed E-state index contributed by atoms with van der Waals surface area (Å²) in [6, 6.07) is 4.03. The largest absolute Gasteiger partial charge is 0.332 e. The number of thiophene rings is 1. The number of nitrogens with two attached hydrogens (primary N) is 1. The summed E-state index contributed by atoms with van der Waals surface area (Å²) >= 11 is 3.09. The molecule has 2 aromatic heterocycles. The Morgan fingerprint density at radius 3 is 2.79 bits per heavy atom. The van der Waals surface area contributed by atoms with E-state index in [0.29, 0.717) is 25.3 Å². The Kier molecular flexibility index (Phi) is 6.44. The van der Waals surface area contributed by atoms with E-state index < -0.39 is 0 Å². The highest BCUT2D eigenvalue weighted by Gasteiger charge is 2.17. The maximum Gasteiger partial charge on any atom is 0.273 e. The third kappa shape index (κ3) is 4.01. The summed E-state index contributed by atoms with van der Waals surface area (Å²) in [6.07, 6.45) is 0. The average Bonchev–Trinajstić information content (AvgIpc) is 3.06. The molecule has 0 saturated heterocycles. The van der Waals surface area contributed by atoms with E-state index in [-0.39, 0.29) is 18.3 Å². The third-order valence-corrected chi connectivity index (χ3v) is 4.27. The molecule has 4 nitrogen and oxygen atoms in total. The number of rotatable bonds is 5. The summed E-state index contributed by atoms with van der Waals surface area (Å²) < 4.78 is 0. The number of halogens is 1. The van der Waals surface area contributed by atoms with E-state index >= 15 is 0 Å². The van der Waals surface area contributed by atoms with Gasteiger partial charge in [-0.3, -0.25) is 4.79 Å². The van der Waals surface area contributed by atoms with Gasteiger partial charge in [0.1, 0.15) is 10.7 Å². The molecule has 0 fully saturated rings. The monoisotopic (exact) mass is 317 g/mol. The van der Waals surface area contributed by atoms with Gasteiger partial charge in [-0.1, -0.05) is 6.07 Å². The predicted octanol–water partition coefficient (Wildman–Crippen LogP) is 2.75. The zero-order chi connectivity index (χ0) is 13.0. The highest BCUT2D eigenvalue weighted by Crippen LogP contribution is 2.16. The molecule has 19 heavy (non-hydrogen) atoms. The number of amides is 1. The molecule has 2 rings (SSSR count). The first kappa shape index (κ1) is 16.1. The van der Waals surface area contributed by atoms with Crippen molar-refractivity contribution < 1.29 is 4.79 Å². The van der Waals surface area contributed by atoms with Crippen molar-refractivity contribution in [1.29, 1.82) is 0 Å². The fourth-order valence-electron chi connectivity index (χ4n) is 1.58. The number of hydrogen-bond donors (Lipinski definition) is 1. The number of hydrogen-bond acceptors (Lipinski definition) is 5. The van der Waals surface area contributed by atoms with Crippen LogP contribution in [0.5, 0.6) is 0 Å². The quantitative estimate of drug-likeness (QED) is 0.922. The Balaban J connectivity index is 0.00000180. The number of thiazole rings is 1. The van der Waals surface area contributed by atoms with Crippen LogP contribution in [0.25, 0.3) is 0 Å². The summed E-state index contributed by atoms with van der Waals surface area (Å²) in [5.41, 5.74) is 6.01. The highest BCUT2D eigenvalue weighted by atomic mass is 35.5. The van der Waals surface area contributed by atoms with E-state index in [9.17, 15) is 4.79 Å². The zero-order valence-electron chi connectivity index (χ0n) is 10.5. The second-order valence-corrected chi connectivity index (χ2v) is 5.70. The van der Waals surface area contributed by atoms with Crippen LogP contribution in [0.1, 0.15) is 27.3 Å². The minimum absolute atomic E-state index is 0. The molecule has 0 aliphatic carbocycles. The second-order valence-electron chi connectivity index (χ2n) is 3.73. The van der Waals surface area contributed by atoms with Crippen molar-refractivity contribution in [2.24, 2.45) is 5.73 Å². The minimum Gasteiger partial charge on any atom is -0.332 e. The van der Waals surface area contributed by atoms with Gasteiger partial charge in [0.05, 0.1) is 6.54 Å². The van der Waals surface area contributed by atoms with Gasteiger partial charge in [0, 0.05) is 23.3 Å². The maximum absolute atomic E-state index is 12.3. The molecule has 0 aliphatic rings. The Labute approximate surface area is 126 Å². The van der Waals surface area contributed by atoms with Crippen LogP contribution in [0, 0.1) is 0 Å². The molecular weight excluding hydrogens is 302 g/mol. The van der Waals surface area contributed by atoms with Crippen molar-refractivity contribution in [3.05, 3.63) is 38.5 Å². The van der Waals surface area contributed by atoms with Crippen LogP contribution in [0.15, 0.2) is 22.9 Å². The molecule has 2 aromatic rings. The van der Waals surface area contributed by atoms with E-state index in [1.165, 1.54) is 16.2 Å². The van der Waals surface area contributed by atoms with Crippen LogP contribution in [0.4, 0.5) is 0 Å². The van der Waals surface area contributed by atoms with Gasteiger partial charge in [0.25, 0.3) is 5.91 Å². The molecule has 0 spiro atoms. The van der Waals surface area contributed by atoms with Crippen molar-refractivity contribution in [3.8, 4) is 0 Å². The molecule has 0 unspecified atom stereocenters. The SMILES string of the molecule is CCN(Cc1cccs1)C(=O)c1csc(CN)n1.Cl. The molecule has 0 aromatic carbocycles. The van der Waals surface area contributed by atoms with Crippen LogP contribution >= 0.6 is 35.1 Å². The van der Waals surface area contributed by atoms with Crippen LogP contribution in [0.2, 0.25) is 0 Å². The normalized spacial score (nSPS) is 10.0. The molecular formula is C12H16ClN3OS2. The lowest BCUT2D eigenvalue weighted by Crippen LogP contribution is -2.30. The summed E-state index contributed by atoms with van der Waals surface area (Å²) in [5.74, 6) is -0.0261. The first-order chi connectivity index (χ1) is 8.74. The fraction of sp³-hybridized carbons (Fsp3) is 0.333. The minimum atomic E-state index is -0.0261. The molecule has 0 radical (unpaired) electrons. The lowest BCUT2D eigenvalue weighted by atomic mass is 10.3. The van der Waals surface area contributed by atoms with Crippen molar-refractivity contribution in [1.82, 2.24) is 9.88 Å². The van der Waals surface area contributed by atoms with E-state index in [0.717, 1.165) is 5.01 Å². The Bertz CT molecular complexity index is 513. The topological polar surface area (TPSA) is 59.2 Å². The smallest absolute Gasteiger partial charge is 0.273 e. The Morgan fingerprint density at radius 2 is 2.26 bits per heavy atom. The third-order valence-electron chi connectivity index (χ3n) is 2.54. The molecule has 0 saturated carbocycles. The van der Waals surface area contributed by atoms with Gasteiger partial charge in [-0.05, 0) is 18.4 Å². The van der Waals surface area contributed by atoms with E-state index in [1.54, 1.807) is 21.6 Å². The molecule has 0 bridgehead atoms. The molecule has 104 valence electrons. The molecule has 0 atom stereocenters. The Morgan fingerprint density at radius 1 is 1.47 bits per heavy atom. The van der Waals surface area contributed by atoms with Gasteiger partial charge in [0.15, 0.2) is 0 Å². The summed E-state index contributed by atoms with van der Waals surface area (Å²) in [6.45, 7) is 3.67. The highest BCUT2D eigenvalue weighted by molar-refractivity contribution is 7.10. The van der Waals surface area contributed by atoms with Gasteiger partial charge in [0.2, 0.25) is 0 Å². The first-order valence-corrected chi connectivity index (χ1v) is 7.46.